The number of amides is 1. The highest BCUT2D eigenvalue weighted by atomic mass is 19.1. The first kappa shape index (κ1) is 13.7. The number of nitrogens with zero attached hydrogens (tertiary/aromatic N) is 1. The second-order valence-electron chi connectivity index (χ2n) is 4.87. The minimum absolute atomic E-state index is 0.113. The van der Waals surface area contributed by atoms with Crippen molar-refractivity contribution < 1.29 is 9.18 Å². The SMILES string of the molecule is CC(C)CC(C)N(C)C(=O)c1ccccc1F. The summed E-state index contributed by atoms with van der Waals surface area (Å²) in [6.07, 6.45) is 0.913. The van der Waals surface area contributed by atoms with Crippen LogP contribution < -0.4 is 0 Å². The number of rotatable bonds is 4. The summed E-state index contributed by atoms with van der Waals surface area (Å²) >= 11 is 0. The lowest BCUT2D eigenvalue weighted by atomic mass is 10.0. The lowest BCUT2D eigenvalue weighted by Crippen LogP contribution is -2.36. The predicted molar refractivity (Wildman–Crippen MR) is 67.4 cm³/mol. The number of carbonyl (C=O) groups excluding carboxylic acids is 1. The molecule has 1 aromatic carbocycles. The zero-order chi connectivity index (χ0) is 13.0. The second-order valence-corrected chi connectivity index (χ2v) is 4.87. The minimum atomic E-state index is -0.457. The topological polar surface area (TPSA) is 20.3 Å². The molecular formula is C14H20FNO. The molecular weight excluding hydrogens is 217 g/mol. The Kier molecular flexibility index (Phi) is 4.67. The molecule has 0 saturated carbocycles. The molecule has 3 heteroatoms. The fraction of sp³-hybridized carbons (Fsp3) is 0.500. The summed E-state index contributed by atoms with van der Waals surface area (Å²) in [4.78, 5) is 13.7. The van der Waals surface area contributed by atoms with E-state index in [0.29, 0.717) is 5.92 Å². The van der Waals surface area contributed by atoms with Crippen LogP contribution in [0.1, 0.15) is 37.6 Å². The minimum Gasteiger partial charge on any atom is -0.339 e. The standard InChI is InChI=1S/C14H20FNO/c1-10(2)9-11(3)16(4)14(17)12-7-5-6-8-13(12)15/h5-8,10-11H,9H2,1-4H3. The Morgan fingerprint density at radius 3 is 2.41 bits per heavy atom. The van der Waals surface area contributed by atoms with Crippen LogP contribution in [-0.4, -0.2) is 23.9 Å². The maximum atomic E-state index is 13.5. The smallest absolute Gasteiger partial charge is 0.256 e. The zero-order valence-electron chi connectivity index (χ0n) is 10.9. The van der Waals surface area contributed by atoms with Gasteiger partial charge in [-0.1, -0.05) is 26.0 Å². The van der Waals surface area contributed by atoms with Crippen molar-refractivity contribution in [1.82, 2.24) is 4.90 Å². The number of benzene rings is 1. The Balaban J connectivity index is 2.80. The van der Waals surface area contributed by atoms with E-state index in [1.165, 1.54) is 12.1 Å². The molecule has 0 aromatic heterocycles. The average Bonchev–Trinajstić information content (AvgIpc) is 2.27. The molecule has 0 spiro atoms. The van der Waals surface area contributed by atoms with Gasteiger partial charge in [-0.3, -0.25) is 4.79 Å². The van der Waals surface area contributed by atoms with E-state index in [1.807, 2.05) is 6.92 Å². The Labute approximate surface area is 102 Å². The van der Waals surface area contributed by atoms with Crippen LogP contribution in [0.25, 0.3) is 0 Å². The lowest BCUT2D eigenvalue weighted by molar-refractivity contribution is 0.0723. The molecule has 0 aliphatic heterocycles. The fourth-order valence-electron chi connectivity index (χ4n) is 1.87. The van der Waals surface area contributed by atoms with Crippen LogP contribution in [0.4, 0.5) is 4.39 Å². The van der Waals surface area contributed by atoms with E-state index < -0.39 is 5.82 Å². The quantitative estimate of drug-likeness (QED) is 0.786. The second kappa shape index (κ2) is 5.80. The van der Waals surface area contributed by atoms with Gasteiger partial charge in [-0.15, -0.1) is 0 Å². The van der Waals surface area contributed by atoms with Gasteiger partial charge in [-0.2, -0.15) is 0 Å². The highest BCUT2D eigenvalue weighted by Gasteiger charge is 2.20. The molecule has 1 amide bonds. The van der Waals surface area contributed by atoms with Crippen molar-refractivity contribution in [3.63, 3.8) is 0 Å². The van der Waals surface area contributed by atoms with Gasteiger partial charge >= 0.3 is 0 Å². The number of halogens is 1. The number of hydrogen-bond acceptors (Lipinski definition) is 1. The van der Waals surface area contributed by atoms with Crippen LogP contribution >= 0.6 is 0 Å². The maximum absolute atomic E-state index is 13.5. The van der Waals surface area contributed by atoms with Gasteiger partial charge in [0.1, 0.15) is 5.82 Å². The highest BCUT2D eigenvalue weighted by Crippen LogP contribution is 2.14. The van der Waals surface area contributed by atoms with Crippen LogP contribution in [0.2, 0.25) is 0 Å². The summed E-state index contributed by atoms with van der Waals surface area (Å²) in [7, 11) is 1.72. The van der Waals surface area contributed by atoms with E-state index in [-0.39, 0.29) is 17.5 Å². The first-order valence-electron chi connectivity index (χ1n) is 5.95. The highest BCUT2D eigenvalue weighted by molar-refractivity contribution is 5.94. The molecule has 0 aliphatic carbocycles. The molecule has 17 heavy (non-hydrogen) atoms. The first-order chi connectivity index (χ1) is 7.93. The lowest BCUT2D eigenvalue weighted by Gasteiger charge is -2.26. The van der Waals surface area contributed by atoms with Crippen molar-refractivity contribution in [2.45, 2.75) is 33.2 Å². The molecule has 0 fully saturated rings. The molecule has 1 atom stereocenters. The van der Waals surface area contributed by atoms with Crippen LogP contribution in [0, 0.1) is 11.7 Å². The van der Waals surface area contributed by atoms with Gasteiger partial charge in [0.15, 0.2) is 0 Å². The molecule has 1 aromatic rings. The molecule has 0 bridgehead atoms. The first-order valence-corrected chi connectivity index (χ1v) is 5.95. The van der Waals surface area contributed by atoms with Crippen LogP contribution in [0.3, 0.4) is 0 Å². The maximum Gasteiger partial charge on any atom is 0.256 e. The van der Waals surface area contributed by atoms with Crippen LogP contribution in [0.15, 0.2) is 24.3 Å². The van der Waals surface area contributed by atoms with Crippen molar-refractivity contribution in [2.24, 2.45) is 5.92 Å². The van der Waals surface area contributed by atoms with E-state index in [2.05, 4.69) is 13.8 Å². The van der Waals surface area contributed by atoms with Crippen LogP contribution in [0.5, 0.6) is 0 Å². The van der Waals surface area contributed by atoms with Crippen LogP contribution in [-0.2, 0) is 0 Å². The number of carbonyl (C=O) groups is 1. The van der Waals surface area contributed by atoms with Crippen molar-refractivity contribution in [1.29, 1.82) is 0 Å². The summed E-state index contributed by atoms with van der Waals surface area (Å²) in [6.45, 7) is 6.20. The third-order valence-corrected chi connectivity index (χ3v) is 2.90. The van der Waals surface area contributed by atoms with E-state index in [0.717, 1.165) is 6.42 Å². The normalized spacial score (nSPS) is 12.6. The van der Waals surface area contributed by atoms with Gasteiger partial charge in [-0.25, -0.2) is 4.39 Å². The zero-order valence-corrected chi connectivity index (χ0v) is 10.9. The van der Waals surface area contributed by atoms with Gasteiger partial charge in [0.25, 0.3) is 5.91 Å². The summed E-state index contributed by atoms with van der Waals surface area (Å²) in [5.41, 5.74) is 0.144. The van der Waals surface area contributed by atoms with Crippen molar-refractivity contribution in [3.05, 3.63) is 35.6 Å². The van der Waals surface area contributed by atoms with Gasteiger partial charge in [0.2, 0.25) is 0 Å². The number of hydrogen-bond donors (Lipinski definition) is 0. The molecule has 0 radical (unpaired) electrons. The van der Waals surface area contributed by atoms with Crippen molar-refractivity contribution in [3.8, 4) is 0 Å². The predicted octanol–water partition coefficient (Wildman–Crippen LogP) is 3.33. The summed E-state index contributed by atoms with van der Waals surface area (Å²) < 4.78 is 13.5. The molecule has 94 valence electrons. The molecule has 0 N–H and O–H groups in total. The van der Waals surface area contributed by atoms with E-state index in [1.54, 1.807) is 24.1 Å². The largest absolute Gasteiger partial charge is 0.339 e. The van der Waals surface area contributed by atoms with E-state index in [4.69, 9.17) is 0 Å². The molecule has 0 aliphatic rings. The van der Waals surface area contributed by atoms with Gasteiger partial charge in [0.05, 0.1) is 5.56 Å². The van der Waals surface area contributed by atoms with Crippen molar-refractivity contribution in [2.75, 3.05) is 7.05 Å². The van der Waals surface area contributed by atoms with Crippen molar-refractivity contribution >= 4 is 5.91 Å². The van der Waals surface area contributed by atoms with E-state index >= 15 is 0 Å². The Morgan fingerprint density at radius 2 is 1.88 bits per heavy atom. The summed E-state index contributed by atoms with van der Waals surface area (Å²) in [5.74, 6) is -0.196. The van der Waals surface area contributed by atoms with Gasteiger partial charge in [0, 0.05) is 13.1 Å². The third kappa shape index (κ3) is 3.55. The summed E-state index contributed by atoms with van der Waals surface area (Å²) in [6, 6.07) is 6.22. The Bertz CT molecular complexity index is 390. The molecule has 0 heterocycles. The van der Waals surface area contributed by atoms with Gasteiger partial charge in [-0.05, 0) is 31.4 Å². The van der Waals surface area contributed by atoms with E-state index in [9.17, 15) is 9.18 Å². The monoisotopic (exact) mass is 237 g/mol. The summed E-state index contributed by atoms with van der Waals surface area (Å²) in [5, 5.41) is 0. The molecule has 0 saturated heterocycles. The van der Waals surface area contributed by atoms with Gasteiger partial charge < -0.3 is 4.90 Å². The molecule has 1 rings (SSSR count). The Morgan fingerprint density at radius 1 is 1.29 bits per heavy atom. The molecule has 1 unspecified atom stereocenters. The average molecular weight is 237 g/mol. The fourth-order valence-corrected chi connectivity index (χ4v) is 1.87. The third-order valence-electron chi connectivity index (χ3n) is 2.90. The molecule has 2 nitrogen and oxygen atoms in total. The Hall–Kier alpha value is -1.38.